The van der Waals surface area contributed by atoms with Crippen molar-refractivity contribution in [3.8, 4) is 0 Å². The topological polar surface area (TPSA) is 58.6 Å². The Morgan fingerprint density at radius 1 is 1.44 bits per heavy atom. The van der Waals surface area contributed by atoms with Gasteiger partial charge in [0.1, 0.15) is 6.04 Å². The number of amides is 1. The highest BCUT2D eigenvalue weighted by molar-refractivity contribution is 5.83. The van der Waals surface area contributed by atoms with Gasteiger partial charge >= 0.3 is 5.97 Å². The molecule has 5 nitrogen and oxygen atoms in total. The van der Waals surface area contributed by atoms with Gasteiger partial charge in [-0.25, -0.2) is 0 Å². The number of rotatable bonds is 6. The lowest BCUT2D eigenvalue weighted by Crippen LogP contribution is -2.50. The predicted octanol–water partition coefficient (Wildman–Crippen LogP) is 0.929. The average molecular weight is 256 g/mol. The molecule has 0 aliphatic carbocycles. The van der Waals surface area contributed by atoms with Crippen LogP contribution in [-0.2, 0) is 14.3 Å². The van der Waals surface area contributed by atoms with Crippen LogP contribution in [-0.4, -0.2) is 48.6 Å². The maximum Gasteiger partial charge on any atom is 0.323 e. The fourth-order valence-corrected chi connectivity index (χ4v) is 2.29. The Morgan fingerprint density at radius 3 is 2.78 bits per heavy atom. The van der Waals surface area contributed by atoms with E-state index in [1.807, 2.05) is 18.7 Å². The van der Waals surface area contributed by atoms with Crippen LogP contribution in [0.5, 0.6) is 0 Å². The molecule has 1 heterocycles. The lowest BCUT2D eigenvalue weighted by Gasteiger charge is -2.28. The molecule has 0 aromatic heterocycles. The molecule has 0 aromatic carbocycles. The average Bonchev–Trinajstić information content (AvgIpc) is 2.84. The van der Waals surface area contributed by atoms with Gasteiger partial charge in [-0.1, -0.05) is 6.92 Å². The van der Waals surface area contributed by atoms with Crippen molar-refractivity contribution >= 4 is 11.9 Å². The van der Waals surface area contributed by atoms with Crippen LogP contribution in [0.4, 0.5) is 0 Å². The minimum Gasteiger partial charge on any atom is -0.465 e. The van der Waals surface area contributed by atoms with Gasteiger partial charge in [-0.15, -0.1) is 0 Å². The van der Waals surface area contributed by atoms with Gasteiger partial charge in [-0.3, -0.25) is 14.5 Å². The Kier molecular flexibility index (Phi) is 6.12. The minimum atomic E-state index is -0.270. The Labute approximate surface area is 109 Å². The van der Waals surface area contributed by atoms with E-state index in [-0.39, 0.29) is 24.0 Å². The number of hydrogen-bond acceptors (Lipinski definition) is 4. The van der Waals surface area contributed by atoms with E-state index in [1.165, 1.54) is 0 Å². The van der Waals surface area contributed by atoms with E-state index < -0.39 is 0 Å². The molecule has 0 saturated carbocycles. The molecule has 1 fully saturated rings. The third-order valence-electron chi connectivity index (χ3n) is 3.28. The number of likely N-dealkylation sites (tertiary alicyclic amines) is 1. The largest absolute Gasteiger partial charge is 0.465 e. The first-order valence-electron chi connectivity index (χ1n) is 6.81. The predicted molar refractivity (Wildman–Crippen MR) is 69.1 cm³/mol. The van der Waals surface area contributed by atoms with Gasteiger partial charge in [0.15, 0.2) is 0 Å². The molecular formula is C13H24N2O3. The third kappa shape index (κ3) is 3.70. The van der Waals surface area contributed by atoms with E-state index in [0.29, 0.717) is 13.2 Å². The van der Waals surface area contributed by atoms with Gasteiger partial charge in [0.25, 0.3) is 0 Å². The molecule has 1 aliphatic rings. The van der Waals surface area contributed by atoms with Crippen molar-refractivity contribution in [1.29, 1.82) is 0 Å². The second-order valence-corrected chi connectivity index (χ2v) is 4.61. The molecule has 1 amide bonds. The summed E-state index contributed by atoms with van der Waals surface area (Å²) in [6.07, 6.45) is 2.64. The SMILES string of the molecule is CCCNC(=O)C(C)N1CCCC1C(=O)OCC. The molecule has 2 atom stereocenters. The molecule has 104 valence electrons. The van der Waals surface area contributed by atoms with Gasteiger partial charge in [0.2, 0.25) is 5.91 Å². The highest BCUT2D eigenvalue weighted by Crippen LogP contribution is 2.21. The molecule has 0 radical (unpaired) electrons. The highest BCUT2D eigenvalue weighted by atomic mass is 16.5. The van der Waals surface area contributed by atoms with Crippen molar-refractivity contribution in [2.45, 2.75) is 52.1 Å². The number of carbonyl (C=O) groups is 2. The molecule has 0 aromatic rings. The summed E-state index contributed by atoms with van der Waals surface area (Å²) in [6, 6.07) is -0.527. The Hall–Kier alpha value is -1.10. The van der Waals surface area contributed by atoms with E-state index in [0.717, 1.165) is 25.8 Å². The number of carbonyl (C=O) groups excluding carboxylic acids is 2. The van der Waals surface area contributed by atoms with Gasteiger partial charge in [-0.2, -0.15) is 0 Å². The van der Waals surface area contributed by atoms with Gasteiger partial charge in [0.05, 0.1) is 12.6 Å². The summed E-state index contributed by atoms with van der Waals surface area (Å²) in [7, 11) is 0. The summed E-state index contributed by atoms with van der Waals surface area (Å²) < 4.78 is 5.05. The van der Waals surface area contributed by atoms with Crippen LogP contribution >= 0.6 is 0 Å². The highest BCUT2D eigenvalue weighted by Gasteiger charge is 2.36. The van der Waals surface area contributed by atoms with Crippen molar-refractivity contribution in [1.82, 2.24) is 10.2 Å². The minimum absolute atomic E-state index is 0.00644. The zero-order chi connectivity index (χ0) is 13.5. The van der Waals surface area contributed by atoms with Crippen LogP contribution in [0.15, 0.2) is 0 Å². The monoisotopic (exact) mass is 256 g/mol. The maximum atomic E-state index is 11.9. The van der Waals surface area contributed by atoms with Crippen molar-refractivity contribution in [2.75, 3.05) is 19.7 Å². The summed E-state index contributed by atoms with van der Waals surface area (Å²) in [4.78, 5) is 25.7. The first-order chi connectivity index (χ1) is 8.61. The number of hydrogen-bond donors (Lipinski definition) is 1. The number of nitrogens with one attached hydrogen (secondary N) is 1. The van der Waals surface area contributed by atoms with Crippen LogP contribution < -0.4 is 5.32 Å². The van der Waals surface area contributed by atoms with Gasteiger partial charge in [-0.05, 0) is 39.7 Å². The Bertz CT molecular complexity index is 294. The molecule has 0 spiro atoms. The van der Waals surface area contributed by atoms with Gasteiger partial charge < -0.3 is 10.1 Å². The second-order valence-electron chi connectivity index (χ2n) is 4.61. The van der Waals surface area contributed by atoms with E-state index in [9.17, 15) is 9.59 Å². The lowest BCUT2D eigenvalue weighted by atomic mass is 10.2. The van der Waals surface area contributed by atoms with Crippen LogP contribution in [0, 0.1) is 0 Å². The van der Waals surface area contributed by atoms with Crippen LogP contribution in [0.3, 0.4) is 0 Å². The number of nitrogens with zero attached hydrogens (tertiary/aromatic N) is 1. The normalized spacial score (nSPS) is 21.6. The summed E-state index contributed by atoms with van der Waals surface area (Å²) in [5.41, 5.74) is 0. The molecule has 1 saturated heterocycles. The zero-order valence-corrected chi connectivity index (χ0v) is 11.6. The zero-order valence-electron chi connectivity index (χ0n) is 11.6. The fraction of sp³-hybridized carbons (Fsp3) is 0.846. The standard InChI is InChI=1S/C13H24N2O3/c1-4-8-14-12(16)10(3)15-9-6-7-11(15)13(17)18-5-2/h10-11H,4-9H2,1-3H3,(H,14,16). The van der Waals surface area contributed by atoms with Crippen molar-refractivity contribution in [3.05, 3.63) is 0 Å². The third-order valence-corrected chi connectivity index (χ3v) is 3.28. The molecule has 1 aliphatic heterocycles. The molecule has 2 unspecified atom stereocenters. The first-order valence-corrected chi connectivity index (χ1v) is 6.81. The fourth-order valence-electron chi connectivity index (χ4n) is 2.29. The first kappa shape index (κ1) is 15.0. The summed E-state index contributed by atoms with van der Waals surface area (Å²) in [6.45, 7) is 7.52. The van der Waals surface area contributed by atoms with Crippen LogP contribution in [0.2, 0.25) is 0 Å². The van der Waals surface area contributed by atoms with Crippen LogP contribution in [0.25, 0.3) is 0 Å². The lowest BCUT2D eigenvalue weighted by molar-refractivity contribution is -0.149. The van der Waals surface area contributed by atoms with E-state index >= 15 is 0 Å². The summed E-state index contributed by atoms with van der Waals surface area (Å²) in [5.74, 6) is -0.210. The van der Waals surface area contributed by atoms with E-state index in [4.69, 9.17) is 4.74 Å². The number of ether oxygens (including phenoxy) is 1. The van der Waals surface area contributed by atoms with E-state index in [2.05, 4.69) is 5.32 Å². The molecule has 18 heavy (non-hydrogen) atoms. The van der Waals surface area contributed by atoms with E-state index in [1.54, 1.807) is 6.92 Å². The molecule has 1 N–H and O–H groups in total. The van der Waals surface area contributed by atoms with Crippen molar-refractivity contribution < 1.29 is 14.3 Å². The molecule has 1 rings (SSSR count). The Morgan fingerprint density at radius 2 is 2.17 bits per heavy atom. The van der Waals surface area contributed by atoms with Crippen molar-refractivity contribution in [3.63, 3.8) is 0 Å². The summed E-state index contributed by atoms with van der Waals surface area (Å²) in [5, 5.41) is 2.87. The smallest absolute Gasteiger partial charge is 0.323 e. The van der Waals surface area contributed by atoms with Gasteiger partial charge in [0, 0.05) is 6.54 Å². The van der Waals surface area contributed by atoms with Crippen LogP contribution in [0.1, 0.15) is 40.0 Å². The molecule has 0 bridgehead atoms. The molecular weight excluding hydrogens is 232 g/mol. The second kappa shape index (κ2) is 7.36. The quantitative estimate of drug-likeness (QED) is 0.718. The number of esters is 1. The molecule has 5 heteroatoms. The maximum absolute atomic E-state index is 11.9. The Balaban J connectivity index is 2.57. The summed E-state index contributed by atoms with van der Waals surface area (Å²) >= 11 is 0. The van der Waals surface area contributed by atoms with Crippen molar-refractivity contribution in [2.24, 2.45) is 0 Å².